The number of benzene rings is 4. The highest BCUT2D eigenvalue weighted by atomic mass is 16.3. The minimum absolute atomic E-state index is 0.419. The molecule has 0 radical (unpaired) electrons. The minimum Gasteiger partial charge on any atom is -0.145 e. The lowest BCUT2D eigenvalue weighted by Crippen LogP contribution is -1.84. The summed E-state index contributed by atoms with van der Waals surface area (Å²) in [5.74, 6) is 0. The van der Waals surface area contributed by atoms with Gasteiger partial charge in [0.05, 0.1) is 0 Å². The van der Waals surface area contributed by atoms with Crippen molar-refractivity contribution in [3.8, 4) is 0 Å². The van der Waals surface area contributed by atoms with Gasteiger partial charge in [-0.25, -0.2) is 0 Å². The van der Waals surface area contributed by atoms with Gasteiger partial charge in [0.15, 0.2) is 0 Å². The fourth-order valence-electron chi connectivity index (χ4n) is 2.97. The van der Waals surface area contributed by atoms with E-state index in [1.165, 1.54) is 0 Å². The van der Waals surface area contributed by atoms with Crippen molar-refractivity contribution in [3.05, 3.63) is 58.3 Å². The van der Waals surface area contributed by atoms with Crippen LogP contribution in [0.2, 0.25) is 0 Å². The number of rotatable bonds is 2. The SMILES string of the molecule is O=Nc1cc2cccc3c(N=O)cc4cccc1c4c23. The zero-order valence-electron chi connectivity index (χ0n) is 10.3. The fourth-order valence-corrected chi connectivity index (χ4v) is 2.97. The Hall–Kier alpha value is -2.88. The first-order valence-corrected chi connectivity index (χ1v) is 6.21. The molecule has 4 rings (SSSR count). The Morgan fingerprint density at radius 3 is 1.50 bits per heavy atom. The molecular weight excluding hydrogens is 252 g/mol. The molecule has 0 N–H and O–H groups in total. The first kappa shape index (κ1) is 11.0. The molecule has 0 spiro atoms. The predicted octanol–water partition coefficient (Wildman–Crippen LogP) is 5.38. The number of nitroso groups, excluding NO2 is 2. The van der Waals surface area contributed by atoms with Crippen molar-refractivity contribution < 1.29 is 0 Å². The van der Waals surface area contributed by atoms with Crippen LogP contribution in [0.4, 0.5) is 11.4 Å². The van der Waals surface area contributed by atoms with Crippen molar-refractivity contribution >= 4 is 43.7 Å². The predicted molar refractivity (Wildman–Crippen MR) is 81.1 cm³/mol. The molecule has 0 aliphatic rings. The first-order chi connectivity index (χ1) is 9.83. The molecule has 94 valence electrons. The van der Waals surface area contributed by atoms with Gasteiger partial charge in [0.1, 0.15) is 11.4 Å². The highest BCUT2D eigenvalue weighted by Crippen LogP contribution is 2.42. The third-order valence-electron chi connectivity index (χ3n) is 3.78. The molecule has 0 amide bonds. The summed E-state index contributed by atoms with van der Waals surface area (Å²) in [5.41, 5.74) is 0.838. The van der Waals surface area contributed by atoms with Crippen molar-refractivity contribution in [2.75, 3.05) is 0 Å². The standard InChI is InChI=1S/C16H8N2O2/c19-17-13-8-10-4-2-6-12-14(18-20)7-9-3-1-5-11(13)15(9)16(10)12/h1-8H. The Morgan fingerprint density at radius 2 is 1.10 bits per heavy atom. The van der Waals surface area contributed by atoms with Gasteiger partial charge in [0.2, 0.25) is 0 Å². The zero-order chi connectivity index (χ0) is 13.7. The molecule has 0 bridgehead atoms. The summed E-state index contributed by atoms with van der Waals surface area (Å²) in [5, 5.41) is 11.6. The van der Waals surface area contributed by atoms with E-state index in [1.54, 1.807) is 12.1 Å². The molecule has 0 saturated heterocycles. The first-order valence-electron chi connectivity index (χ1n) is 6.21. The van der Waals surface area contributed by atoms with Gasteiger partial charge in [-0.1, -0.05) is 36.4 Å². The van der Waals surface area contributed by atoms with Crippen molar-refractivity contribution in [2.24, 2.45) is 10.4 Å². The molecule has 0 fully saturated rings. The van der Waals surface area contributed by atoms with Crippen LogP contribution in [0.25, 0.3) is 32.3 Å². The topological polar surface area (TPSA) is 58.9 Å². The van der Waals surface area contributed by atoms with Crippen LogP contribution in [0.3, 0.4) is 0 Å². The van der Waals surface area contributed by atoms with E-state index in [9.17, 15) is 9.81 Å². The second-order valence-electron chi connectivity index (χ2n) is 4.78. The van der Waals surface area contributed by atoms with Crippen LogP contribution in [0.1, 0.15) is 0 Å². The molecule has 20 heavy (non-hydrogen) atoms. The molecule has 4 nitrogen and oxygen atoms in total. The largest absolute Gasteiger partial charge is 0.145 e. The molecule has 0 heterocycles. The van der Waals surface area contributed by atoms with Crippen LogP contribution in [-0.2, 0) is 0 Å². The Morgan fingerprint density at radius 1 is 0.650 bits per heavy atom. The summed E-state index contributed by atoms with van der Waals surface area (Å²) < 4.78 is 0. The second kappa shape index (κ2) is 3.81. The van der Waals surface area contributed by atoms with E-state index in [1.807, 2.05) is 36.4 Å². The van der Waals surface area contributed by atoms with Crippen molar-refractivity contribution in [1.29, 1.82) is 0 Å². The smallest absolute Gasteiger partial charge is 0.116 e. The van der Waals surface area contributed by atoms with Gasteiger partial charge in [-0.2, -0.15) is 0 Å². The van der Waals surface area contributed by atoms with E-state index < -0.39 is 0 Å². The molecule has 0 atom stereocenters. The molecular formula is C16H8N2O2. The van der Waals surface area contributed by atoms with E-state index in [2.05, 4.69) is 10.4 Å². The lowest BCUT2D eigenvalue weighted by atomic mass is 9.92. The Kier molecular flexibility index (Phi) is 2.09. The van der Waals surface area contributed by atoms with E-state index in [-0.39, 0.29) is 0 Å². The Bertz CT molecular complexity index is 910. The summed E-state index contributed by atoms with van der Waals surface area (Å²) in [6.07, 6.45) is 0. The van der Waals surface area contributed by atoms with Crippen molar-refractivity contribution in [1.82, 2.24) is 0 Å². The molecule has 4 aromatic carbocycles. The van der Waals surface area contributed by atoms with Gasteiger partial charge >= 0.3 is 0 Å². The highest BCUT2D eigenvalue weighted by molar-refractivity contribution is 6.27. The summed E-state index contributed by atoms with van der Waals surface area (Å²) >= 11 is 0. The van der Waals surface area contributed by atoms with E-state index in [0.29, 0.717) is 11.4 Å². The number of nitrogens with zero attached hydrogens (tertiary/aromatic N) is 2. The molecule has 0 aliphatic carbocycles. The quantitative estimate of drug-likeness (QED) is 0.359. The summed E-state index contributed by atoms with van der Waals surface area (Å²) in [7, 11) is 0. The number of hydrogen-bond acceptors (Lipinski definition) is 4. The lowest BCUT2D eigenvalue weighted by Gasteiger charge is -2.12. The van der Waals surface area contributed by atoms with E-state index in [4.69, 9.17) is 0 Å². The molecule has 4 aromatic rings. The summed E-state index contributed by atoms with van der Waals surface area (Å²) in [4.78, 5) is 22.1. The lowest BCUT2D eigenvalue weighted by molar-refractivity contribution is 1.54. The minimum atomic E-state index is 0.419. The van der Waals surface area contributed by atoms with Crippen LogP contribution in [0, 0.1) is 9.81 Å². The van der Waals surface area contributed by atoms with Crippen molar-refractivity contribution in [3.63, 3.8) is 0 Å². The van der Waals surface area contributed by atoms with Gasteiger partial charge in [-0.15, -0.1) is 9.81 Å². The fraction of sp³-hybridized carbons (Fsp3) is 0. The monoisotopic (exact) mass is 260 g/mol. The van der Waals surface area contributed by atoms with Gasteiger partial charge in [-0.3, -0.25) is 0 Å². The number of hydrogen-bond donors (Lipinski definition) is 0. The van der Waals surface area contributed by atoms with E-state index >= 15 is 0 Å². The normalized spacial score (nSPS) is 11.4. The third-order valence-corrected chi connectivity index (χ3v) is 3.78. The van der Waals surface area contributed by atoms with Crippen LogP contribution < -0.4 is 0 Å². The van der Waals surface area contributed by atoms with Gasteiger partial charge < -0.3 is 0 Å². The highest BCUT2D eigenvalue weighted by Gasteiger charge is 2.14. The zero-order valence-corrected chi connectivity index (χ0v) is 10.3. The van der Waals surface area contributed by atoms with Crippen LogP contribution >= 0.6 is 0 Å². The van der Waals surface area contributed by atoms with Gasteiger partial charge in [0.25, 0.3) is 0 Å². The average Bonchev–Trinajstić information content (AvgIpc) is 2.51. The Balaban J connectivity index is 2.45. The average molecular weight is 260 g/mol. The molecule has 0 aromatic heterocycles. The van der Waals surface area contributed by atoms with Gasteiger partial charge in [0, 0.05) is 10.8 Å². The van der Waals surface area contributed by atoms with Crippen molar-refractivity contribution in [2.45, 2.75) is 0 Å². The second-order valence-corrected chi connectivity index (χ2v) is 4.78. The maximum absolute atomic E-state index is 11.1. The third kappa shape index (κ3) is 1.25. The Labute approximate surface area is 113 Å². The van der Waals surface area contributed by atoms with Crippen LogP contribution in [0.5, 0.6) is 0 Å². The van der Waals surface area contributed by atoms with Crippen LogP contribution in [0.15, 0.2) is 58.9 Å². The van der Waals surface area contributed by atoms with Gasteiger partial charge in [-0.05, 0) is 44.0 Å². The summed E-state index contributed by atoms with van der Waals surface area (Å²) in [6, 6.07) is 14.8. The maximum atomic E-state index is 11.1. The molecule has 0 saturated carbocycles. The van der Waals surface area contributed by atoms with Crippen LogP contribution in [-0.4, -0.2) is 0 Å². The molecule has 0 unspecified atom stereocenters. The molecule has 4 heteroatoms. The van der Waals surface area contributed by atoms with E-state index in [0.717, 1.165) is 32.3 Å². The molecule has 0 aliphatic heterocycles. The maximum Gasteiger partial charge on any atom is 0.116 e. The summed E-state index contributed by atoms with van der Waals surface area (Å²) in [6.45, 7) is 0.